The molecule has 2 aromatic heterocycles. The van der Waals surface area contributed by atoms with E-state index in [0.29, 0.717) is 0 Å². The van der Waals surface area contributed by atoms with Crippen LogP contribution in [0.15, 0.2) is 41.3 Å². The molecule has 0 saturated carbocycles. The lowest BCUT2D eigenvalue weighted by Gasteiger charge is -2.19. The second-order valence-electron chi connectivity index (χ2n) is 5.91. The molecule has 0 saturated heterocycles. The van der Waals surface area contributed by atoms with Gasteiger partial charge < -0.3 is 4.98 Å². The van der Waals surface area contributed by atoms with Gasteiger partial charge >= 0.3 is 0 Å². The van der Waals surface area contributed by atoms with Gasteiger partial charge in [0.05, 0.1) is 11.1 Å². The summed E-state index contributed by atoms with van der Waals surface area (Å²) in [6.07, 6.45) is 3.49. The van der Waals surface area contributed by atoms with Crippen molar-refractivity contribution in [1.29, 1.82) is 0 Å². The molecular formula is C16H16BrN3. The van der Waals surface area contributed by atoms with E-state index in [2.05, 4.69) is 75.9 Å². The van der Waals surface area contributed by atoms with Crippen molar-refractivity contribution in [3.63, 3.8) is 0 Å². The molecule has 3 aromatic rings. The van der Waals surface area contributed by atoms with Crippen LogP contribution >= 0.6 is 15.9 Å². The van der Waals surface area contributed by atoms with Crippen LogP contribution in [0.25, 0.3) is 22.3 Å². The molecule has 3 rings (SSSR count). The van der Waals surface area contributed by atoms with Crippen LogP contribution in [0.3, 0.4) is 0 Å². The zero-order valence-corrected chi connectivity index (χ0v) is 13.3. The van der Waals surface area contributed by atoms with Gasteiger partial charge in [-0.3, -0.25) is 0 Å². The van der Waals surface area contributed by atoms with Gasteiger partial charge in [0.1, 0.15) is 12.0 Å². The van der Waals surface area contributed by atoms with Crippen molar-refractivity contribution < 1.29 is 0 Å². The van der Waals surface area contributed by atoms with Gasteiger partial charge in [-0.15, -0.1) is 0 Å². The summed E-state index contributed by atoms with van der Waals surface area (Å²) in [5, 5.41) is 1.02. The largest absolute Gasteiger partial charge is 0.345 e. The van der Waals surface area contributed by atoms with Crippen molar-refractivity contribution in [2.75, 3.05) is 0 Å². The maximum absolute atomic E-state index is 4.44. The third kappa shape index (κ3) is 2.24. The fraction of sp³-hybridized carbons (Fsp3) is 0.250. The minimum atomic E-state index is 0.161. The van der Waals surface area contributed by atoms with Gasteiger partial charge in [-0.2, -0.15) is 0 Å². The number of halogens is 1. The topological polar surface area (TPSA) is 41.6 Å². The van der Waals surface area contributed by atoms with E-state index >= 15 is 0 Å². The maximum Gasteiger partial charge on any atom is 0.142 e. The summed E-state index contributed by atoms with van der Waals surface area (Å²) in [7, 11) is 0. The zero-order valence-electron chi connectivity index (χ0n) is 11.7. The van der Waals surface area contributed by atoms with Gasteiger partial charge in [-0.25, -0.2) is 9.97 Å². The molecule has 20 heavy (non-hydrogen) atoms. The first-order chi connectivity index (χ1) is 9.47. The molecule has 0 fully saturated rings. The molecule has 0 bridgehead atoms. The third-order valence-corrected chi connectivity index (χ3v) is 4.07. The van der Waals surface area contributed by atoms with Crippen molar-refractivity contribution in [3.8, 4) is 11.3 Å². The number of nitrogens with zero attached hydrogens (tertiary/aromatic N) is 2. The Hall–Kier alpha value is -1.68. The van der Waals surface area contributed by atoms with Gasteiger partial charge in [0.25, 0.3) is 0 Å². The van der Waals surface area contributed by atoms with Crippen molar-refractivity contribution in [2.24, 2.45) is 0 Å². The Balaban J connectivity index is 2.14. The van der Waals surface area contributed by atoms with E-state index in [-0.39, 0.29) is 5.41 Å². The number of nitrogens with one attached hydrogen (secondary N) is 1. The van der Waals surface area contributed by atoms with Crippen molar-refractivity contribution in [3.05, 3.63) is 46.8 Å². The van der Waals surface area contributed by atoms with Crippen molar-refractivity contribution in [2.45, 2.75) is 26.2 Å². The van der Waals surface area contributed by atoms with Crippen LogP contribution in [-0.2, 0) is 5.41 Å². The number of H-pyrrole nitrogens is 1. The minimum Gasteiger partial charge on any atom is -0.345 e. The van der Waals surface area contributed by atoms with Crippen LogP contribution in [0.4, 0.5) is 0 Å². The smallest absolute Gasteiger partial charge is 0.142 e. The predicted octanol–water partition coefficient (Wildman–Crippen LogP) is 4.68. The molecule has 0 amide bonds. The Morgan fingerprint density at radius 1 is 1.05 bits per heavy atom. The van der Waals surface area contributed by atoms with Crippen LogP contribution in [0.5, 0.6) is 0 Å². The molecule has 2 heterocycles. The number of hydrogen-bond acceptors (Lipinski definition) is 2. The first kappa shape index (κ1) is 13.3. The summed E-state index contributed by atoms with van der Waals surface area (Å²) in [5.74, 6) is 0. The molecule has 0 aliphatic carbocycles. The molecule has 1 N–H and O–H groups in total. The molecule has 3 nitrogen and oxygen atoms in total. The van der Waals surface area contributed by atoms with E-state index in [1.807, 2.05) is 6.20 Å². The summed E-state index contributed by atoms with van der Waals surface area (Å²) in [5.41, 5.74) is 4.38. The van der Waals surface area contributed by atoms with Gasteiger partial charge in [0.15, 0.2) is 0 Å². The number of rotatable bonds is 1. The van der Waals surface area contributed by atoms with Crippen molar-refractivity contribution in [1.82, 2.24) is 15.0 Å². The molecular weight excluding hydrogens is 314 g/mol. The first-order valence-corrected chi connectivity index (χ1v) is 7.34. The molecule has 0 spiro atoms. The number of fused-ring (bicyclic) bond motifs is 1. The third-order valence-electron chi connectivity index (χ3n) is 3.45. The molecule has 0 aliphatic rings. The second-order valence-corrected chi connectivity index (χ2v) is 6.76. The number of aromatic amines is 1. The summed E-state index contributed by atoms with van der Waals surface area (Å²) in [6.45, 7) is 6.65. The molecule has 0 atom stereocenters. The highest BCUT2D eigenvalue weighted by atomic mass is 79.9. The monoisotopic (exact) mass is 329 g/mol. The van der Waals surface area contributed by atoms with E-state index in [9.17, 15) is 0 Å². The molecule has 0 unspecified atom stereocenters. The Bertz CT molecular complexity index is 751. The molecule has 102 valence electrons. The average Bonchev–Trinajstić information content (AvgIpc) is 2.80. The Labute approximate surface area is 126 Å². The predicted molar refractivity (Wildman–Crippen MR) is 85.7 cm³/mol. The van der Waals surface area contributed by atoms with Crippen LogP contribution in [-0.4, -0.2) is 15.0 Å². The van der Waals surface area contributed by atoms with E-state index in [1.165, 1.54) is 5.56 Å². The van der Waals surface area contributed by atoms with Crippen LogP contribution in [0, 0.1) is 0 Å². The molecule has 1 aromatic carbocycles. The van der Waals surface area contributed by atoms with Gasteiger partial charge in [0.2, 0.25) is 0 Å². The summed E-state index contributed by atoms with van der Waals surface area (Å²) in [4.78, 5) is 11.8. The lowest BCUT2D eigenvalue weighted by Crippen LogP contribution is -2.10. The average molecular weight is 330 g/mol. The van der Waals surface area contributed by atoms with Crippen LogP contribution < -0.4 is 0 Å². The quantitative estimate of drug-likeness (QED) is 0.703. The maximum atomic E-state index is 4.44. The fourth-order valence-electron chi connectivity index (χ4n) is 2.27. The number of hydrogen-bond donors (Lipinski definition) is 1. The minimum absolute atomic E-state index is 0.161. The summed E-state index contributed by atoms with van der Waals surface area (Å²) in [6, 6.07) is 8.59. The lowest BCUT2D eigenvalue weighted by atomic mass is 9.86. The number of aromatic nitrogens is 3. The molecule has 0 aliphatic heterocycles. The lowest BCUT2D eigenvalue weighted by molar-refractivity contribution is 0.590. The van der Waals surface area contributed by atoms with Gasteiger partial charge in [0, 0.05) is 16.2 Å². The van der Waals surface area contributed by atoms with Gasteiger partial charge in [-0.05, 0) is 26.9 Å². The SMILES string of the molecule is CC(C)(C)c1ccc(-c2ncnc3[nH]cc(Br)c23)cc1. The van der Waals surface area contributed by atoms with Crippen LogP contribution in [0.1, 0.15) is 26.3 Å². The van der Waals surface area contributed by atoms with E-state index in [1.54, 1.807) is 6.33 Å². The molecule has 4 heteroatoms. The zero-order chi connectivity index (χ0) is 14.3. The number of benzene rings is 1. The summed E-state index contributed by atoms with van der Waals surface area (Å²) < 4.78 is 0.989. The Morgan fingerprint density at radius 2 is 1.75 bits per heavy atom. The van der Waals surface area contributed by atoms with Crippen LogP contribution in [0.2, 0.25) is 0 Å². The Morgan fingerprint density at radius 3 is 2.40 bits per heavy atom. The fourth-order valence-corrected chi connectivity index (χ4v) is 2.76. The van der Waals surface area contributed by atoms with E-state index in [4.69, 9.17) is 0 Å². The first-order valence-electron chi connectivity index (χ1n) is 6.55. The van der Waals surface area contributed by atoms with Gasteiger partial charge in [-0.1, -0.05) is 45.0 Å². The highest BCUT2D eigenvalue weighted by Gasteiger charge is 2.15. The van der Waals surface area contributed by atoms with E-state index < -0.39 is 0 Å². The highest BCUT2D eigenvalue weighted by Crippen LogP contribution is 2.32. The van der Waals surface area contributed by atoms with Crippen molar-refractivity contribution >= 4 is 27.0 Å². The highest BCUT2D eigenvalue weighted by molar-refractivity contribution is 9.10. The standard InChI is InChI=1S/C16H16BrN3/c1-16(2,3)11-6-4-10(5-7-11)14-13-12(17)8-18-15(13)20-9-19-14/h4-9H,1-3H3,(H,18,19,20). The molecule has 0 radical (unpaired) electrons. The second kappa shape index (κ2) is 4.70. The Kier molecular flexibility index (Phi) is 3.13. The van der Waals surface area contributed by atoms with E-state index in [0.717, 1.165) is 26.8 Å². The summed E-state index contributed by atoms with van der Waals surface area (Å²) >= 11 is 3.55. The normalized spacial score (nSPS) is 12.0.